The molecule has 2 aromatic rings. The topological polar surface area (TPSA) is 37.4 Å². The first-order valence-corrected chi connectivity index (χ1v) is 8.89. The van der Waals surface area contributed by atoms with E-state index in [4.69, 9.17) is 17.0 Å². The molecule has 5 heteroatoms. The number of benzene rings is 1. The number of nitrogens with zero attached hydrogens (tertiary/aromatic N) is 2. The third kappa shape index (κ3) is 5.00. The van der Waals surface area contributed by atoms with Crippen LogP contribution in [0, 0.1) is 20.8 Å². The van der Waals surface area contributed by atoms with Crippen molar-refractivity contribution >= 4 is 23.0 Å². The lowest BCUT2D eigenvalue weighted by Gasteiger charge is -2.32. The first kappa shape index (κ1) is 19.3. The number of hydrogen-bond donors (Lipinski definition) is 1. The van der Waals surface area contributed by atoms with Crippen molar-refractivity contribution in [3.8, 4) is 0 Å². The summed E-state index contributed by atoms with van der Waals surface area (Å²) in [6, 6.07) is 8.47. The van der Waals surface area contributed by atoms with Crippen molar-refractivity contribution < 1.29 is 4.74 Å². The van der Waals surface area contributed by atoms with Gasteiger partial charge in [0, 0.05) is 31.7 Å². The average Bonchev–Trinajstić information content (AvgIpc) is 2.59. The van der Waals surface area contributed by atoms with E-state index in [9.17, 15) is 0 Å². The van der Waals surface area contributed by atoms with E-state index in [1.807, 2.05) is 12.3 Å². The number of ether oxygens (including phenoxy) is 1. The normalized spacial score (nSPS) is 11.9. The summed E-state index contributed by atoms with van der Waals surface area (Å²) in [6.07, 6.45) is 3.67. The highest BCUT2D eigenvalue weighted by atomic mass is 32.1. The zero-order valence-electron chi connectivity index (χ0n) is 15.7. The fourth-order valence-electron chi connectivity index (χ4n) is 3.02. The van der Waals surface area contributed by atoms with Crippen molar-refractivity contribution in [1.82, 2.24) is 9.88 Å². The summed E-state index contributed by atoms with van der Waals surface area (Å²) in [5, 5.41) is 4.14. The van der Waals surface area contributed by atoms with E-state index in [-0.39, 0.29) is 6.04 Å². The Hall–Kier alpha value is -1.98. The molecule has 0 aliphatic carbocycles. The van der Waals surface area contributed by atoms with Crippen LogP contribution in [0.15, 0.2) is 36.7 Å². The summed E-state index contributed by atoms with van der Waals surface area (Å²) in [5.74, 6) is 0. The largest absolute Gasteiger partial charge is 0.383 e. The second-order valence-electron chi connectivity index (χ2n) is 6.35. The fourth-order valence-corrected chi connectivity index (χ4v) is 3.37. The highest BCUT2D eigenvalue weighted by molar-refractivity contribution is 7.80. The van der Waals surface area contributed by atoms with Crippen LogP contribution >= 0.6 is 12.2 Å². The molecule has 25 heavy (non-hydrogen) atoms. The molecule has 0 bridgehead atoms. The van der Waals surface area contributed by atoms with E-state index in [0.717, 1.165) is 11.3 Å². The molecule has 0 aliphatic heterocycles. The molecule has 1 aromatic heterocycles. The number of anilines is 1. The van der Waals surface area contributed by atoms with Crippen molar-refractivity contribution in [2.45, 2.75) is 33.7 Å². The standard InChI is InChI=1S/C20H27N3OS/c1-14-11-15(2)19(16(3)12-14)22-20(25)23(9-10-24-5)17(4)18-7-6-8-21-13-18/h6-8,11-13,17H,9-10H2,1-5H3,(H,22,25)/t17-/m1/s1. The lowest BCUT2D eigenvalue weighted by Crippen LogP contribution is -2.39. The third-order valence-corrected chi connectivity index (χ3v) is 4.68. The van der Waals surface area contributed by atoms with Crippen molar-refractivity contribution in [3.63, 3.8) is 0 Å². The summed E-state index contributed by atoms with van der Waals surface area (Å²) in [7, 11) is 1.71. The number of nitrogens with one attached hydrogen (secondary N) is 1. The molecule has 0 radical (unpaired) electrons. The summed E-state index contributed by atoms with van der Waals surface area (Å²) in [5.41, 5.74) is 5.85. The maximum absolute atomic E-state index is 5.74. The molecule has 0 unspecified atom stereocenters. The van der Waals surface area contributed by atoms with Crippen molar-refractivity contribution in [2.24, 2.45) is 0 Å². The van der Waals surface area contributed by atoms with Gasteiger partial charge in [0.2, 0.25) is 0 Å². The van der Waals surface area contributed by atoms with Crippen LogP contribution in [0.25, 0.3) is 0 Å². The Morgan fingerprint density at radius 3 is 2.52 bits per heavy atom. The van der Waals surface area contributed by atoms with Gasteiger partial charge in [-0.2, -0.15) is 0 Å². The highest BCUT2D eigenvalue weighted by Gasteiger charge is 2.20. The second-order valence-corrected chi connectivity index (χ2v) is 6.74. The second kappa shape index (κ2) is 8.92. The molecule has 1 heterocycles. The third-order valence-electron chi connectivity index (χ3n) is 4.34. The van der Waals surface area contributed by atoms with E-state index in [2.05, 4.69) is 61.1 Å². The lowest BCUT2D eigenvalue weighted by atomic mass is 10.1. The monoisotopic (exact) mass is 357 g/mol. The predicted octanol–water partition coefficient (Wildman–Crippen LogP) is 4.41. The van der Waals surface area contributed by atoms with Gasteiger partial charge in [-0.15, -0.1) is 0 Å². The van der Waals surface area contributed by atoms with E-state index in [1.54, 1.807) is 13.3 Å². The predicted molar refractivity (Wildman–Crippen MR) is 108 cm³/mol. The minimum atomic E-state index is 0.106. The van der Waals surface area contributed by atoms with Gasteiger partial charge in [0.25, 0.3) is 0 Å². The number of pyridine rings is 1. The summed E-state index contributed by atoms with van der Waals surface area (Å²) < 4.78 is 5.28. The van der Waals surface area contributed by atoms with Gasteiger partial charge in [0.15, 0.2) is 5.11 Å². The number of aryl methyl sites for hydroxylation is 3. The molecular formula is C20H27N3OS. The molecule has 0 aliphatic rings. The fraction of sp³-hybridized carbons (Fsp3) is 0.400. The van der Waals surface area contributed by atoms with Crippen LogP contribution in [-0.4, -0.2) is 35.3 Å². The molecular weight excluding hydrogens is 330 g/mol. The summed E-state index contributed by atoms with van der Waals surface area (Å²) in [6.45, 7) is 9.78. The molecule has 0 amide bonds. The molecule has 1 atom stereocenters. The Kier molecular flexibility index (Phi) is 6.91. The molecule has 134 valence electrons. The molecule has 0 spiro atoms. The highest BCUT2D eigenvalue weighted by Crippen LogP contribution is 2.25. The Labute approximate surface area is 156 Å². The Bertz CT molecular complexity index is 695. The van der Waals surface area contributed by atoms with Crippen LogP contribution < -0.4 is 5.32 Å². The van der Waals surface area contributed by atoms with Crippen LogP contribution in [0.4, 0.5) is 5.69 Å². The number of thiocarbonyl (C=S) groups is 1. The van der Waals surface area contributed by atoms with Gasteiger partial charge in [-0.25, -0.2) is 0 Å². The van der Waals surface area contributed by atoms with Crippen LogP contribution in [0.1, 0.15) is 35.2 Å². The van der Waals surface area contributed by atoms with Crippen molar-refractivity contribution in [2.75, 3.05) is 25.6 Å². The van der Waals surface area contributed by atoms with E-state index in [0.29, 0.717) is 18.3 Å². The van der Waals surface area contributed by atoms with Crippen LogP contribution in [0.3, 0.4) is 0 Å². The van der Waals surface area contributed by atoms with Crippen LogP contribution in [0.2, 0.25) is 0 Å². The average molecular weight is 358 g/mol. The van der Waals surface area contributed by atoms with Crippen molar-refractivity contribution in [1.29, 1.82) is 0 Å². The minimum absolute atomic E-state index is 0.106. The van der Waals surface area contributed by atoms with Gasteiger partial charge in [0.05, 0.1) is 12.6 Å². The molecule has 1 N–H and O–H groups in total. The zero-order chi connectivity index (χ0) is 18.4. The number of aromatic nitrogens is 1. The molecule has 0 saturated heterocycles. The van der Waals surface area contributed by atoms with Gasteiger partial charge in [0.1, 0.15) is 0 Å². The zero-order valence-corrected chi connectivity index (χ0v) is 16.5. The van der Waals surface area contributed by atoms with Gasteiger partial charge in [-0.05, 0) is 62.7 Å². The van der Waals surface area contributed by atoms with Gasteiger partial charge in [-0.1, -0.05) is 23.8 Å². The van der Waals surface area contributed by atoms with E-state index >= 15 is 0 Å². The maximum atomic E-state index is 5.74. The summed E-state index contributed by atoms with van der Waals surface area (Å²) in [4.78, 5) is 6.38. The van der Waals surface area contributed by atoms with Gasteiger partial charge < -0.3 is 15.0 Å². The Balaban J connectivity index is 2.24. The molecule has 1 aromatic carbocycles. The van der Waals surface area contributed by atoms with Gasteiger partial charge >= 0.3 is 0 Å². The number of hydrogen-bond acceptors (Lipinski definition) is 3. The van der Waals surface area contributed by atoms with Crippen LogP contribution in [-0.2, 0) is 4.74 Å². The summed E-state index contributed by atoms with van der Waals surface area (Å²) >= 11 is 5.74. The first-order valence-electron chi connectivity index (χ1n) is 8.48. The number of rotatable bonds is 6. The minimum Gasteiger partial charge on any atom is -0.383 e. The smallest absolute Gasteiger partial charge is 0.174 e. The molecule has 0 saturated carbocycles. The Morgan fingerprint density at radius 1 is 1.28 bits per heavy atom. The lowest BCUT2D eigenvalue weighted by molar-refractivity contribution is 0.165. The SMILES string of the molecule is COCCN(C(=S)Nc1c(C)cc(C)cc1C)[C@H](C)c1cccnc1. The molecule has 2 rings (SSSR count). The molecule has 0 fully saturated rings. The Morgan fingerprint density at radius 2 is 1.96 bits per heavy atom. The maximum Gasteiger partial charge on any atom is 0.174 e. The quantitative estimate of drug-likeness (QED) is 0.775. The van der Waals surface area contributed by atoms with Gasteiger partial charge in [-0.3, -0.25) is 4.98 Å². The van der Waals surface area contributed by atoms with E-state index < -0.39 is 0 Å². The van der Waals surface area contributed by atoms with Crippen molar-refractivity contribution in [3.05, 3.63) is 58.9 Å². The first-order chi connectivity index (χ1) is 11.9. The number of methoxy groups -OCH3 is 1. The molecule has 4 nitrogen and oxygen atoms in total. The van der Waals surface area contributed by atoms with E-state index in [1.165, 1.54) is 16.7 Å². The van der Waals surface area contributed by atoms with Crippen LogP contribution in [0.5, 0.6) is 0 Å².